The molecule has 1 atom stereocenters. The van der Waals surface area contributed by atoms with E-state index in [0.717, 1.165) is 26.2 Å². The molecule has 0 spiro atoms. The van der Waals surface area contributed by atoms with E-state index in [1.54, 1.807) is 12.1 Å². The summed E-state index contributed by atoms with van der Waals surface area (Å²) in [4.78, 5) is 4.81. The quantitative estimate of drug-likeness (QED) is 0.666. The summed E-state index contributed by atoms with van der Waals surface area (Å²) >= 11 is 0. The number of aliphatic hydroxyl groups is 1. The number of aliphatic hydroxyl groups excluding tert-OH is 1. The van der Waals surface area contributed by atoms with Crippen molar-refractivity contribution >= 4 is 0 Å². The van der Waals surface area contributed by atoms with Crippen molar-refractivity contribution in [3.63, 3.8) is 0 Å². The molecule has 1 N–H and O–H groups in total. The number of hydrogen-bond acceptors (Lipinski definition) is 4. The lowest BCUT2D eigenvalue weighted by molar-refractivity contribution is 0.0458. The highest BCUT2D eigenvalue weighted by atomic mass is 19.1. The molecule has 4 nitrogen and oxygen atoms in total. The largest absolute Gasteiger partial charge is 0.491 e. The highest BCUT2D eigenvalue weighted by molar-refractivity contribution is 5.22. The minimum Gasteiger partial charge on any atom is -0.491 e. The summed E-state index contributed by atoms with van der Waals surface area (Å²) in [7, 11) is 0. The topological polar surface area (TPSA) is 35.9 Å². The first-order valence-electron chi connectivity index (χ1n) is 9.18. The number of hydrogen-bond donors (Lipinski definition) is 1. The van der Waals surface area contributed by atoms with Crippen LogP contribution in [0.15, 0.2) is 24.3 Å². The summed E-state index contributed by atoms with van der Waals surface area (Å²) in [5.41, 5.74) is 0. The molecule has 0 saturated carbocycles. The number of piperazine rings is 1. The van der Waals surface area contributed by atoms with Crippen molar-refractivity contribution in [2.75, 3.05) is 45.9 Å². The summed E-state index contributed by atoms with van der Waals surface area (Å²) in [6.45, 7) is 8.47. The van der Waals surface area contributed by atoms with Crippen LogP contribution in [0.4, 0.5) is 4.39 Å². The van der Waals surface area contributed by atoms with Gasteiger partial charge >= 0.3 is 0 Å². The minimum absolute atomic E-state index is 0.239. The Morgan fingerprint density at radius 2 is 1.71 bits per heavy atom. The third-order valence-corrected chi connectivity index (χ3v) is 4.52. The lowest BCUT2D eigenvalue weighted by Crippen LogP contribution is -2.49. The second kappa shape index (κ2) is 10.6. The number of rotatable bonds is 10. The van der Waals surface area contributed by atoms with Crippen molar-refractivity contribution in [1.82, 2.24) is 9.80 Å². The first-order chi connectivity index (χ1) is 11.7. The molecule has 5 heteroatoms. The fourth-order valence-electron chi connectivity index (χ4n) is 3.03. The molecular formula is C19H31FN2O2. The summed E-state index contributed by atoms with van der Waals surface area (Å²) in [5, 5.41) is 10.1. The molecule has 1 unspecified atom stereocenters. The van der Waals surface area contributed by atoms with Crippen molar-refractivity contribution in [2.24, 2.45) is 0 Å². The van der Waals surface area contributed by atoms with Gasteiger partial charge in [-0.05, 0) is 37.2 Å². The van der Waals surface area contributed by atoms with Gasteiger partial charge in [-0.2, -0.15) is 0 Å². The maximum absolute atomic E-state index is 12.8. The van der Waals surface area contributed by atoms with Crippen LogP contribution < -0.4 is 4.74 Å². The molecule has 1 aliphatic rings. The Morgan fingerprint density at radius 1 is 1.04 bits per heavy atom. The number of halogens is 1. The number of β-amino-alcohol motifs (C(OH)–C–C–N with tert-alkyl or cyclic N) is 1. The maximum atomic E-state index is 12.8. The molecule has 1 aliphatic heterocycles. The normalized spacial score (nSPS) is 17.8. The molecule has 1 saturated heterocycles. The van der Waals surface area contributed by atoms with Crippen LogP contribution in [0, 0.1) is 5.82 Å². The van der Waals surface area contributed by atoms with E-state index in [2.05, 4.69) is 16.7 Å². The molecule has 0 aliphatic carbocycles. The zero-order chi connectivity index (χ0) is 17.2. The monoisotopic (exact) mass is 338 g/mol. The lowest BCUT2D eigenvalue weighted by Gasteiger charge is -2.35. The Balaban J connectivity index is 1.58. The van der Waals surface area contributed by atoms with E-state index in [4.69, 9.17) is 4.74 Å². The minimum atomic E-state index is -0.522. The summed E-state index contributed by atoms with van der Waals surface area (Å²) in [5.74, 6) is 0.308. The van der Waals surface area contributed by atoms with Gasteiger partial charge in [0, 0.05) is 32.7 Å². The Morgan fingerprint density at radius 3 is 2.38 bits per heavy atom. The average molecular weight is 338 g/mol. The van der Waals surface area contributed by atoms with Gasteiger partial charge in [-0.25, -0.2) is 4.39 Å². The zero-order valence-corrected chi connectivity index (χ0v) is 14.8. The van der Waals surface area contributed by atoms with Crippen molar-refractivity contribution < 1.29 is 14.2 Å². The van der Waals surface area contributed by atoms with E-state index >= 15 is 0 Å². The van der Waals surface area contributed by atoms with Crippen molar-refractivity contribution in [1.29, 1.82) is 0 Å². The average Bonchev–Trinajstić information content (AvgIpc) is 2.60. The van der Waals surface area contributed by atoms with Gasteiger partial charge in [0.05, 0.1) is 0 Å². The van der Waals surface area contributed by atoms with Crippen molar-refractivity contribution in [3.8, 4) is 5.75 Å². The lowest BCUT2D eigenvalue weighted by atomic mass is 10.2. The zero-order valence-electron chi connectivity index (χ0n) is 14.8. The van der Waals surface area contributed by atoms with Crippen LogP contribution in [0.25, 0.3) is 0 Å². The molecule has 1 fully saturated rings. The number of unbranched alkanes of at least 4 members (excludes halogenated alkanes) is 3. The number of benzene rings is 1. The molecule has 0 amide bonds. The van der Waals surface area contributed by atoms with Crippen LogP contribution in [-0.4, -0.2) is 66.9 Å². The van der Waals surface area contributed by atoms with Crippen LogP contribution >= 0.6 is 0 Å². The molecule has 1 aromatic carbocycles. The Labute approximate surface area is 145 Å². The van der Waals surface area contributed by atoms with Gasteiger partial charge in [0.25, 0.3) is 0 Å². The SMILES string of the molecule is CCCCCCN1CCN(CC(O)COc2ccc(F)cc2)CC1. The first-order valence-corrected chi connectivity index (χ1v) is 9.18. The predicted octanol–water partition coefficient (Wildman–Crippen LogP) is 2.76. The molecule has 1 aromatic rings. The van der Waals surface area contributed by atoms with Gasteiger partial charge in [0.2, 0.25) is 0 Å². The van der Waals surface area contributed by atoms with E-state index in [1.807, 2.05) is 0 Å². The van der Waals surface area contributed by atoms with Crippen molar-refractivity contribution in [2.45, 2.75) is 38.7 Å². The number of nitrogens with zero attached hydrogens (tertiary/aromatic N) is 2. The third kappa shape index (κ3) is 7.16. The molecule has 0 radical (unpaired) electrons. The van der Waals surface area contributed by atoms with Crippen LogP contribution in [0.1, 0.15) is 32.6 Å². The standard InChI is InChI=1S/C19H31FN2O2/c1-2-3-4-5-10-21-11-13-22(14-12-21)15-18(23)16-24-19-8-6-17(20)7-9-19/h6-9,18,23H,2-5,10-16H2,1H3. The molecule has 24 heavy (non-hydrogen) atoms. The van der Waals surface area contributed by atoms with Crippen molar-refractivity contribution in [3.05, 3.63) is 30.1 Å². The van der Waals surface area contributed by atoms with Gasteiger partial charge in [-0.1, -0.05) is 26.2 Å². The molecule has 0 bridgehead atoms. The van der Waals surface area contributed by atoms with Crippen LogP contribution in [0.5, 0.6) is 5.75 Å². The second-order valence-electron chi connectivity index (χ2n) is 6.62. The summed E-state index contributed by atoms with van der Waals surface area (Å²) in [6.07, 6.45) is 4.72. The summed E-state index contributed by atoms with van der Waals surface area (Å²) < 4.78 is 18.3. The molecular weight excluding hydrogens is 307 g/mol. The van der Waals surface area contributed by atoms with Crippen LogP contribution in [0.2, 0.25) is 0 Å². The highest BCUT2D eigenvalue weighted by Crippen LogP contribution is 2.12. The molecule has 0 aromatic heterocycles. The van der Waals surface area contributed by atoms with E-state index in [-0.39, 0.29) is 12.4 Å². The van der Waals surface area contributed by atoms with Crippen LogP contribution in [-0.2, 0) is 0 Å². The van der Waals surface area contributed by atoms with E-state index < -0.39 is 6.10 Å². The van der Waals surface area contributed by atoms with E-state index in [1.165, 1.54) is 44.4 Å². The van der Waals surface area contributed by atoms with E-state index in [9.17, 15) is 9.50 Å². The smallest absolute Gasteiger partial charge is 0.123 e. The maximum Gasteiger partial charge on any atom is 0.123 e. The Bertz CT molecular complexity index is 447. The third-order valence-electron chi connectivity index (χ3n) is 4.52. The highest BCUT2D eigenvalue weighted by Gasteiger charge is 2.19. The molecule has 136 valence electrons. The fourth-order valence-corrected chi connectivity index (χ4v) is 3.03. The summed E-state index contributed by atoms with van der Waals surface area (Å²) in [6, 6.07) is 5.89. The predicted molar refractivity (Wildman–Crippen MR) is 94.9 cm³/mol. The van der Waals surface area contributed by atoms with Gasteiger partial charge in [-0.15, -0.1) is 0 Å². The van der Waals surface area contributed by atoms with Gasteiger partial charge < -0.3 is 14.7 Å². The Hall–Kier alpha value is -1.17. The van der Waals surface area contributed by atoms with Gasteiger partial charge in [-0.3, -0.25) is 4.90 Å². The first kappa shape index (κ1) is 19.2. The van der Waals surface area contributed by atoms with Gasteiger partial charge in [0.1, 0.15) is 24.3 Å². The molecule has 2 rings (SSSR count). The number of ether oxygens (including phenoxy) is 1. The Kier molecular flexibility index (Phi) is 8.50. The second-order valence-corrected chi connectivity index (χ2v) is 6.62. The van der Waals surface area contributed by atoms with E-state index in [0.29, 0.717) is 12.3 Å². The van der Waals surface area contributed by atoms with Gasteiger partial charge in [0.15, 0.2) is 0 Å². The van der Waals surface area contributed by atoms with Crippen LogP contribution in [0.3, 0.4) is 0 Å². The molecule has 1 heterocycles. The fraction of sp³-hybridized carbons (Fsp3) is 0.684.